The molecule has 0 atom stereocenters. The number of nitrogens with one attached hydrogen (secondary N) is 2. The molecule has 0 aliphatic heterocycles. The molecule has 0 saturated carbocycles. The van der Waals surface area contributed by atoms with Gasteiger partial charge in [-0.25, -0.2) is 13.4 Å². The summed E-state index contributed by atoms with van der Waals surface area (Å²) in [6.07, 6.45) is 3.37. The minimum Gasteiger partial charge on any atom is -0.375 e. The lowest BCUT2D eigenvalue weighted by Gasteiger charge is -2.19. The SMILES string of the molecule is CCNC(=NCc1ccc(S(C)(=O)=O)c(C)c1)NCCCCN(C)c1ccccc1.I. The molecule has 0 heterocycles. The predicted octanol–water partition coefficient (Wildman–Crippen LogP) is 3.99. The van der Waals surface area contributed by atoms with Crippen LogP contribution >= 0.6 is 24.0 Å². The van der Waals surface area contributed by atoms with Crippen molar-refractivity contribution in [1.82, 2.24) is 10.6 Å². The molecule has 0 radical (unpaired) electrons. The van der Waals surface area contributed by atoms with Crippen molar-refractivity contribution in [3.8, 4) is 0 Å². The summed E-state index contributed by atoms with van der Waals surface area (Å²) >= 11 is 0. The molecule has 0 fully saturated rings. The van der Waals surface area contributed by atoms with Crippen molar-refractivity contribution in [2.45, 2.75) is 38.1 Å². The maximum absolute atomic E-state index is 11.8. The van der Waals surface area contributed by atoms with Gasteiger partial charge in [0.25, 0.3) is 0 Å². The third kappa shape index (κ3) is 9.47. The molecule has 0 bridgehead atoms. The largest absolute Gasteiger partial charge is 0.375 e. The maximum atomic E-state index is 11.8. The van der Waals surface area contributed by atoms with Crippen molar-refractivity contribution in [3.05, 3.63) is 59.7 Å². The van der Waals surface area contributed by atoms with E-state index < -0.39 is 9.84 Å². The zero-order valence-corrected chi connectivity index (χ0v) is 22.0. The Morgan fingerprint density at radius 2 is 1.77 bits per heavy atom. The first-order valence-electron chi connectivity index (χ1n) is 10.4. The molecule has 0 saturated heterocycles. The van der Waals surface area contributed by atoms with Crippen LogP contribution in [0.25, 0.3) is 0 Å². The zero-order chi connectivity index (χ0) is 22.0. The van der Waals surface area contributed by atoms with Crippen molar-refractivity contribution in [2.24, 2.45) is 4.99 Å². The molecule has 0 aliphatic rings. The highest BCUT2D eigenvalue weighted by Crippen LogP contribution is 2.17. The number of hydrogen-bond acceptors (Lipinski definition) is 4. The number of anilines is 1. The lowest BCUT2D eigenvalue weighted by atomic mass is 10.1. The first kappa shape index (κ1) is 27.2. The quantitative estimate of drug-likeness (QED) is 0.200. The molecular formula is C23H35IN4O2S. The van der Waals surface area contributed by atoms with E-state index in [0.717, 1.165) is 49.6 Å². The molecule has 0 unspecified atom stereocenters. The van der Waals surface area contributed by atoms with E-state index >= 15 is 0 Å². The van der Waals surface area contributed by atoms with Crippen LogP contribution in [0.3, 0.4) is 0 Å². The van der Waals surface area contributed by atoms with E-state index in [1.165, 1.54) is 11.9 Å². The molecule has 0 aromatic heterocycles. The second-order valence-corrected chi connectivity index (χ2v) is 9.44. The van der Waals surface area contributed by atoms with Crippen LogP contribution in [-0.2, 0) is 16.4 Å². The highest BCUT2D eigenvalue weighted by molar-refractivity contribution is 14.0. The molecular weight excluding hydrogens is 523 g/mol. The summed E-state index contributed by atoms with van der Waals surface area (Å²) in [7, 11) is -1.08. The highest BCUT2D eigenvalue weighted by atomic mass is 127. The normalized spacial score (nSPS) is 11.5. The summed E-state index contributed by atoms with van der Waals surface area (Å²) < 4.78 is 23.5. The van der Waals surface area contributed by atoms with Crippen molar-refractivity contribution in [1.29, 1.82) is 0 Å². The number of para-hydroxylation sites is 1. The van der Waals surface area contributed by atoms with Gasteiger partial charge >= 0.3 is 0 Å². The van der Waals surface area contributed by atoms with Crippen LogP contribution in [0.15, 0.2) is 58.4 Å². The number of aryl methyl sites for hydroxylation is 1. The number of hydrogen-bond donors (Lipinski definition) is 2. The average Bonchev–Trinajstić information content (AvgIpc) is 2.71. The summed E-state index contributed by atoms with van der Waals surface area (Å²) in [5.41, 5.74) is 2.98. The van der Waals surface area contributed by atoms with Crippen molar-refractivity contribution < 1.29 is 8.42 Å². The molecule has 0 aliphatic carbocycles. The molecule has 8 heteroatoms. The molecule has 31 heavy (non-hydrogen) atoms. The van der Waals surface area contributed by atoms with E-state index in [9.17, 15) is 8.42 Å². The Balaban J connectivity index is 0.00000480. The Labute approximate surface area is 204 Å². The second kappa shape index (κ2) is 13.6. The highest BCUT2D eigenvalue weighted by Gasteiger charge is 2.10. The molecule has 0 amide bonds. The third-order valence-electron chi connectivity index (χ3n) is 4.81. The van der Waals surface area contributed by atoms with E-state index in [0.29, 0.717) is 11.4 Å². The van der Waals surface area contributed by atoms with E-state index in [-0.39, 0.29) is 24.0 Å². The molecule has 2 rings (SSSR count). The fourth-order valence-electron chi connectivity index (χ4n) is 3.23. The Kier molecular flexibility index (Phi) is 11.9. The van der Waals surface area contributed by atoms with Crippen molar-refractivity contribution >= 4 is 45.5 Å². The molecule has 2 N–H and O–H groups in total. The Hall–Kier alpha value is -1.81. The number of benzene rings is 2. The van der Waals surface area contributed by atoms with Gasteiger partial charge in [0.1, 0.15) is 0 Å². The van der Waals surface area contributed by atoms with Gasteiger partial charge in [0.05, 0.1) is 11.4 Å². The Morgan fingerprint density at radius 3 is 2.39 bits per heavy atom. The number of nitrogens with zero attached hydrogens (tertiary/aromatic N) is 2. The lowest BCUT2D eigenvalue weighted by molar-refractivity contribution is 0.601. The molecule has 2 aromatic carbocycles. The summed E-state index contributed by atoms with van der Waals surface area (Å²) in [4.78, 5) is 7.27. The van der Waals surface area contributed by atoms with Gasteiger partial charge in [0, 0.05) is 38.6 Å². The van der Waals surface area contributed by atoms with Gasteiger partial charge in [-0.1, -0.05) is 30.3 Å². The average molecular weight is 559 g/mol. The number of sulfone groups is 1. The molecule has 6 nitrogen and oxygen atoms in total. The van der Waals surface area contributed by atoms with Gasteiger partial charge in [-0.05, 0) is 56.0 Å². The smallest absolute Gasteiger partial charge is 0.191 e. The van der Waals surface area contributed by atoms with Gasteiger partial charge in [-0.2, -0.15) is 0 Å². The summed E-state index contributed by atoms with van der Waals surface area (Å²) in [6.45, 7) is 6.99. The molecule has 2 aromatic rings. The monoisotopic (exact) mass is 558 g/mol. The molecule has 0 spiro atoms. The van der Waals surface area contributed by atoms with Crippen LogP contribution in [0.2, 0.25) is 0 Å². The van der Waals surface area contributed by atoms with Crippen molar-refractivity contribution in [2.75, 3.05) is 37.8 Å². The van der Waals surface area contributed by atoms with E-state index in [1.54, 1.807) is 6.07 Å². The second-order valence-electron chi connectivity index (χ2n) is 7.46. The van der Waals surface area contributed by atoms with Gasteiger partial charge in [-0.15, -0.1) is 24.0 Å². The summed E-state index contributed by atoms with van der Waals surface area (Å²) in [5.74, 6) is 0.777. The van der Waals surface area contributed by atoms with E-state index in [4.69, 9.17) is 0 Å². The van der Waals surface area contributed by atoms with Crippen LogP contribution in [0.1, 0.15) is 30.9 Å². The standard InChI is InChI=1S/C23H34N4O2S.HI/c1-5-24-23(25-15-9-10-16-27(3)21-11-7-6-8-12-21)26-18-20-13-14-22(19(2)17-20)30(4,28)29;/h6-8,11-14,17H,5,9-10,15-16,18H2,1-4H3,(H2,24,25,26);1H. The first-order valence-corrected chi connectivity index (χ1v) is 12.3. The van der Waals surface area contributed by atoms with Crippen LogP contribution < -0.4 is 15.5 Å². The van der Waals surface area contributed by atoms with E-state index in [1.807, 2.05) is 32.0 Å². The number of unbranched alkanes of at least 4 members (excludes halogenated alkanes) is 1. The minimum atomic E-state index is -3.20. The van der Waals surface area contributed by atoms with Crippen LogP contribution in [-0.4, -0.2) is 47.3 Å². The zero-order valence-electron chi connectivity index (χ0n) is 18.9. The van der Waals surface area contributed by atoms with E-state index in [2.05, 4.69) is 51.8 Å². The van der Waals surface area contributed by atoms with Gasteiger partial charge in [-0.3, -0.25) is 0 Å². The Bertz CT molecular complexity index is 934. The fraction of sp³-hybridized carbons (Fsp3) is 0.435. The van der Waals surface area contributed by atoms with Crippen LogP contribution in [0, 0.1) is 6.92 Å². The van der Waals surface area contributed by atoms with Crippen LogP contribution in [0.5, 0.6) is 0 Å². The third-order valence-corrected chi connectivity index (χ3v) is 6.07. The Morgan fingerprint density at radius 1 is 1.06 bits per heavy atom. The van der Waals surface area contributed by atoms with Gasteiger partial charge < -0.3 is 15.5 Å². The number of halogens is 1. The first-order chi connectivity index (χ1) is 14.3. The van der Waals surface area contributed by atoms with Crippen molar-refractivity contribution in [3.63, 3.8) is 0 Å². The topological polar surface area (TPSA) is 73.8 Å². The predicted molar refractivity (Wildman–Crippen MR) is 141 cm³/mol. The van der Waals surface area contributed by atoms with Gasteiger partial charge in [0.2, 0.25) is 0 Å². The summed E-state index contributed by atoms with van der Waals surface area (Å²) in [5, 5.41) is 6.64. The molecule has 172 valence electrons. The van der Waals surface area contributed by atoms with Gasteiger partial charge in [0.15, 0.2) is 15.8 Å². The summed E-state index contributed by atoms with van der Waals surface area (Å²) in [6, 6.07) is 15.8. The minimum absolute atomic E-state index is 0. The number of aliphatic imine (C=N–C) groups is 1. The number of guanidine groups is 1. The number of rotatable bonds is 10. The van der Waals surface area contributed by atoms with Crippen LogP contribution in [0.4, 0.5) is 5.69 Å². The fourth-order valence-corrected chi connectivity index (χ4v) is 4.19. The maximum Gasteiger partial charge on any atom is 0.191 e. The lowest BCUT2D eigenvalue weighted by Crippen LogP contribution is -2.38.